The fourth-order valence-corrected chi connectivity index (χ4v) is 2.17. The Kier molecular flexibility index (Phi) is 3.11. The number of aryl methyl sites for hydroxylation is 1. The van der Waals surface area contributed by atoms with Crippen LogP contribution in [0.25, 0.3) is 0 Å². The molecule has 1 N–H and O–H groups in total. The van der Waals surface area contributed by atoms with Crippen LogP contribution in [0.1, 0.15) is 30.9 Å². The summed E-state index contributed by atoms with van der Waals surface area (Å²) in [4.78, 5) is 24.3. The molecule has 0 saturated heterocycles. The number of carbonyl (C=O) groups excluding carboxylic acids is 1. The first-order valence-electron chi connectivity index (χ1n) is 6.04. The fourth-order valence-electron chi connectivity index (χ4n) is 2.17. The summed E-state index contributed by atoms with van der Waals surface area (Å²) in [7, 11) is 0. The fraction of sp³-hybridized carbons (Fsp3) is 0.429. The molecule has 96 valence electrons. The maximum absolute atomic E-state index is 11.6. The number of rotatable bonds is 5. The summed E-state index contributed by atoms with van der Waals surface area (Å²) in [6.07, 6.45) is 2.42. The third kappa shape index (κ3) is 1.98. The lowest BCUT2D eigenvalue weighted by atomic mass is 9.89. The van der Waals surface area contributed by atoms with Gasteiger partial charge in [-0.2, -0.15) is 0 Å². The van der Waals surface area contributed by atoms with Crippen LogP contribution in [0.15, 0.2) is 24.3 Å². The number of aliphatic carboxylic acids is 1. The maximum Gasteiger partial charge on any atom is 0.334 e. The van der Waals surface area contributed by atoms with Crippen LogP contribution in [0.4, 0.5) is 0 Å². The molecule has 0 spiro atoms. The average Bonchev–Trinajstić information content (AvgIpc) is 3.14. The number of hydrogen-bond acceptors (Lipinski definition) is 2. The van der Waals surface area contributed by atoms with Gasteiger partial charge in [0.05, 0.1) is 0 Å². The highest BCUT2D eigenvalue weighted by molar-refractivity contribution is 5.83. The van der Waals surface area contributed by atoms with Crippen molar-refractivity contribution in [3.8, 4) is 0 Å². The van der Waals surface area contributed by atoms with Gasteiger partial charge in [0.1, 0.15) is 0 Å². The Balaban J connectivity index is 2.45. The molecule has 18 heavy (non-hydrogen) atoms. The van der Waals surface area contributed by atoms with Gasteiger partial charge in [0.2, 0.25) is 6.41 Å². The molecule has 1 amide bonds. The zero-order chi connectivity index (χ0) is 13.3. The quantitative estimate of drug-likeness (QED) is 0.809. The van der Waals surface area contributed by atoms with Gasteiger partial charge in [0.15, 0.2) is 5.54 Å². The predicted molar refractivity (Wildman–Crippen MR) is 67.1 cm³/mol. The lowest BCUT2D eigenvalue weighted by molar-refractivity contribution is -0.155. The molecule has 1 aromatic carbocycles. The van der Waals surface area contributed by atoms with Gasteiger partial charge in [0, 0.05) is 6.04 Å². The van der Waals surface area contributed by atoms with Crippen LogP contribution >= 0.6 is 0 Å². The van der Waals surface area contributed by atoms with Crippen LogP contribution in [0, 0.1) is 6.92 Å². The number of carboxylic acid groups (broad SMARTS) is 1. The van der Waals surface area contributed by atoms with E-state index in [0.717, 1.165) is 18.4 Å². The van der Waals surface area contributed by atoms with E-state index < -0.39 is 11.5 Å². The van der Waals surface area contributed by atoms with Crippen LogP contribution in [0.2, 0.25) is 0 Å². The van der Waals surface area contributed by atoms with Crippen molar-refractivity contribution in [3.63, 3.8) is 0 Å². The van der Waals surface area contributed by atoms with Gasteiger partial charge in [-0.25, -0.2) is 4.79 Å². The highest BCUT2D eigenvalue weighted by Crippen LogP contribution is 2.37. The minimum atomic E-state index is -1.28. The summed E-state index contributed by atoms with van der Waals surface area (Å²) in [5.74, 6) is -0.995. The molecule has 0 radical (unpaired) electrons. The topological polar surface area (TPSA) is 57.6 Å². The first-order chi connectivity index (χ1) is 8.50. The Labute approximate surface area is 106 Å². The van der Waals surface area contributed by atoms with Gasteiger partial charge in [-0.15, -0.1) is 0 Å². The molecule has 0 heterocycles. The van der Waals surface area contributed by atoms with Crippen LogP contribution in [0.5, 0.6) is 0 Å². The highest BCUT2D eigenvalue weighted by atomic mass is 16.4. The smallest absolute Gasteiger partial charge is 0.334 e. The van der Waals surface area contributed by atoms with Gasteiger partial charge in [-0.05, 0) is 32.3 Å². The first-order valence-corrected chi connectivity index (χ1v) is 6.04. The molecule has 1 aliphatic rings. The number of hydrogen-bond donors (Lipinski definition) is 1. The van der Waals surface area contributed by atoms with Crippen molar-refractivity contribution in [1.82, 2.24) is 4.90 Å². The Morgan fingerprint density at radius 2 is 1.94 bits per heavy atom. The highest BCUT2D eigenvalue weighted by Gasteiger charge is 2.47. The standard InChI is InChI=1S/C14H17NO3/c1-10-3-5-11(6-4-10)14(2,13(17)18)15(9-16)12-7-8-12/h3-6,9,12H,7-8H2,1-2H3,(H,17,18). The zero-order valence-corrected chi connectivity index (χ0v) is 10.6. The summed E-state index contributed by atoms with van der Waals surface area (Å²) in [6.45, 7) is 3.53. The first kappa shape index (κ1) is 12.6. The van der Waals surface area contributed by atoms with E-state index in [9.17, 15) is 14.7 Å². The third-order valence-electron chi connectivity index (χ3n) is 3.60. The second kappa shape index (κ2) is 4.44. The lowest BCUT2D eigenvalue weighted by Crippen LogP contribution is -2.50. The SMILES string of the molecule is Cc1ccc(C(C)(C(=O)O)N(C=O)C2CC2)cc1. The molecule has 1 atom stereocenters. The largest absolute Gasteiger partial charge is 0.479 e. The molecule has 0 aliphatic heterocycles. The number of carbonyl (C=O) groups is 2. The van der Waals surface area contributed by atoms with Gasteiger partial charge in [0.25, 0.3) is 0 Å². The lowest BCUT2D eigenvalue weighted by Gasteiger charge is -2.35. The van der Waals surface area contributed by atoms with E-state index in [1.807, 2.05) is 19.1 Å². The monoisotopic (exact) mass is 247 g/mol. The summed E-state index contributed by atoms with van der Waals surface area (Å²) < 4.78 is 0. The summed E-state index contributed by atoms with van der Waals surface area (Å²) in [5, 5.41) is 9.53. The van der Waals surface area contributed by atoms with Crippen molar-refractivity contribution in [2.75, 3.05) is 0 Å². The van der Waals surface area contributed by atoms with Crippen molar-refractivity contribution in [1.29, 1.82) is 0 Å². The molecule has 1 fully saturated rings. The van der Waals surface area contributed by atoms with Crippen molar-refractivity contribution in [2.45, 2.75) is 38.3 Å². The number of carboxylic acids is 1. The average molecular weight is 247 g/mol. The molecule has 0 bridgehead atoms. The Morgan fingerprint density at radius 1 is 1.39 bits per heavy atom. The number of benzene rings is 1. The molecule has 1 saturated carbocycles. The van der Waals surface area contributed by atoms with E-state index >= 15 is 0 Å². The Hall–Kier alpha value is -1.84. The van der Waals surface area contributed by atoms with Crippen molar-refractivity contribution >= 4 is 12.4 Å². The van der Waals surface area contributed by atoms with Crippen molar-refractivity contribution in [2.24, 2.45) is 0 Å². The molecule has 1 aromatic rings. The molecule has 0 aromatic heterocycles. The van der Waals surface area contributed by atoms with Crippen molar-refractivity contribution in [3.05, 3.63) is 35.4 Å². The minimum Gasteiger partial charge on any atom is -0.479 e. The van der Waals surface area contributed by atoms with Crippen molar-refractivity contribution < 1.29 is 14.7 Å². The molecule has 1 unspecified atom stereocenters. The third-order valence-corrected chi connectivity index (χ3v) is 3.60. The number of nitrogens with zero attached hydrogens (tertiary/aromatic N) is 1. The van der Waals surface area contributed by atoms with E-state index in [1.54, 1.807) is 19.1 Å². The molecule has 4 heteroatoms. The van der Waals surface area contributed by atoms with E-state index in [4.69, 9.17) is 0 Å². The van der Waals surface area contributed by atoms with Crippen LogP contribution in [-0.2, 0) is 15.1 Å². The molecule has 4 nitrogen and oxygen atoms in total. The van der Waals surface area contributed by atoms with Gasteiger partial charge >= 0.3 is 5.97 Å². The molecular weight excluding hydrogens is 230 g/mol. The predicted octanol–water partition coefficient (Wildman–Crippen LogP) is 1.92. The number of amides is 1. The van der Waals surface area contributed by atoms with E-state index in [2.05, 4.69) is 0 Å². The second-order valence-electron chi connectivity index (χ2n) is 4.99. The molecular formula is C14H17NO3. The Bertz CT molecular complexity index is 464. The molecule has 2 rings (SSSR count). The normalized spacial score (nSPS) is 17.9. The van der Waals surface area contributed by atoms with E-state index in [0.29, 0.717) is 12.0 Å². The van der Waals surface area contributed by atoms with E-state index in [-0.39, 0.29) is 6.04 Å². The molecule has 1 aliphatic carbocycles. The maximum atomic E-state index is 11.6. The second-order valence-corrected chi connectivity index (χ2v) is 4.99. The van der Waals surface area contributed by atoms with Gasteiger partial charge in [-0.3, -0.25) is 4.79 Å². The van der Waals surface area contributed by atoms with Crippen LogP contribution in [-0.4, -0.2) is 28.4 Å². The van der Waals surface area contributed by atoms with Crippen LogP contribution in [0.3, 0.4) is 0 Å². The summed E-state index contributed by atoms with van der Waals surface area (Å²) in [5.41, 5.74) is 0.423. The zero-order valence-electron chi connectivity index (χ0n) is 10.6. The minimum absolute atomic E-state index is 0.0601. The Morgan fingerprint density at radius 3 is 2.33 bits per heavy atom. The summed E-state index contributed by atoms with van der Waals surface area (Å²) >= 11 is 0. The summed E-state index contributed by atoms with van der Waals surface area (Å²) in [6, 6.07) is 7.36. The van der Waals surface area contributed by atoms with Gasteiger partial charge < -0.3 is 10.0 Å². The van der Waals surface area contributed by atoms with Gasteiger partial charge in [-0.1, -0.05) is 29.8 Å². The van der Waals surface area contributed by atoms with Crippen LogP contribution < -0.4 is 0 Å². The van der Waals surface area contributed by atoms with E-state index in [1.165, 1.54) is 4.90 Å².